The van der Waals surface area contributed by atoms with Crippen LogP contribution in [-0.4, -0.2) is 77.1 Å². The number of halogens is 1. The molecule has 5 rings (SSSR count). The van der Waals surface area contributed by atoms with E-state index >= 15 is 0 Å². The molecule has 0 N–H and O–H groups in total. The first-order valence-electron chi connectivity index (χ1n) is 13.5. The zero-order valence-corrected chi connectivity index (χ0v) is 24.0. The van der Waals surface area contributed by atoms with Gasteiger partial charge in [0, 0.05) is 50.6 Å². The second-order valence-electron chi connectivity index (χ2n) is 10.9. The number of imidazole rings is 1. The van der Waals surface area contributed by atoms with Crippen molar-refractivity contribution in [2.24, 2.45) is 7.05 Å². The molecule has 0 radical (unpaired) electrons. The summed E-state index contributed by atoms with van der Waals surface area (Å²) in [4.78, 5) is 24.5. The molecule has 214 valence electrons. The Hall–Kier alpha value is -3.91. The Bertz CT molecular complexity index is 1390. The highest BCUT2D eigenvalue weighted by Gasteiger charge is 2.24. The van der Waals surface area contributed by atoms with E-state index in [4.69, 9.17) is 19.5 Å². The Kier molecular flexibility index (Phi) is 8.79. The van der Waals surface area contributed by atoms with E-state index in [0.717, 1.165) is 17.9 Å². The van der Waals surface area contributed by atoms with Gasteiger partial charge in [0.05, 0.1) is 25.9 Å². The number of ether oxygens (including phenoxy) is 3. The summed E-state index contributed by atoms with van der Waals surface area (Å²) in [7, 11) is 3.29. The van der Waals surface area contributed by atoms with Crippen LogP contribution in [0.1, 0.15) is 46.1 Å². The number of hydrogen-bond acceptors (Lipinski definition) is 8. The molecular formula is C29H37FN6O4. The molecule has 0 saturated carbocycles. The number of morpholine rings is 1. The van der Waals surface area contributed by atoms with Crippen molar-refractivity contribution in [1.82, 2.24) is 19.4 Å². The molecule has 10 nitrogen and oxygen atoms in total. The monoisotopic (exact) mass is 552 g/mol. The van der Waals surface area contributed by atoms with Crippen LogP contribution < -0.4 is 9.64 Å². The van der Waals surface area contributed by atoms with Gasteiger partial charge >= 0.3 is 6.09 Å². The molecule has 0 aliphatic carbocycles. The lowest BCUT2D eigenvalue weighted by molar-refractivity contribution is -0.00677. The number of aryl methyl sites for hydroxylation is 1. The summed E-state index contributed by atoms with van der Waals surface area (Å²) in [6.07, 6.45) is 3.87. The number of benzene rings is 1. The number of carbonyl (C=O) groups is 1. The highest BCUT2D eigenvalue weighted by atomic mass is 19.1. The van der Waals surface area contributed by atoms with E-state index in [1.54, 1.807) is 22.7 Å². The fourth-order valence-electron chi connectivity index (χ4n) is 4.85. The topological polar surface area (TPSA) is 106 Å². The van der Waals surface area contributed by atoms with Crippen molar-refractivity contribution < 1.29 is 23.4 Å². The van der Waals surface area contributed by atoms with Crippen LogP contribution in [0, 0.1) is 17.1 Å². The van der Waals surface area contributed by atoms with Crippen molar-refractivity contribution in [2.75, 3.05) is 44.9 Å². The average molecular weight is 553 g/mol. The molecule has 2 aromatic heterocycles. The predicted octanol–water partition coefficient (Wildman–Crippen LogP) is 4.90. The number of carbonyl (C=O) groups excluding carboxylic acids is 1. The third-order valence-corrected chi connectivity index (χ3v) is 6.90. The van der Waals surface area contributed by atoms with Gasteiger partial charge in [0.1, 0.15) is 40.1 Å². The summed E-state index contributed by atoms with van der Waals surface area (Å²) in [5.74, 6) is 1.30. The van der Waals surface area contributed by atoms with Gasteiger partial charge in [-0.1, -0.05) is 0 Å². The van der Waals surface area contributed by atoms with E-state index in [1.165, 1.54) is 26.0 Å². The minimum Gasteiger partial charge on any atom is -0.494 e. The van der Waals surface area contributed by atoms with E-state index in [0.29, 0.717) is 49.4 Å². The zero-order valence-electron chi connectivity index (χ0n) is 24.0. The zero-order chi connectivity index (χ0) is 29.0. The van der Waals surface area contributed by atoms with Gasteiger partial charge in [-0.05, 0) is 52.7 Å². The van der Waals surface area contributed by atoms with E-state index in [-0.39, 0.29) is 17.2 Å². The van der Waals surface area contributed by atoms with Crippen molar-refractivity contribution >= 4 is 22.9 Å². The van der Waals surface area contributed by atoms with E-state index in [9.17, 15) is 9.18 Å². The number of fused-ring (bicyclic) bond motifs is 1. The highest BCUT2D eigenvalue weighted by Crippen LogP contribution is 2.34. The predicted molar refractivity (Wildman–Crippen MR) is 150 cm³/mol. The quantitative estimate of drug-likeness (QED) is 0.452. The van der Waals surface area contributed by atoms with Crippen LogP contribution in [-0.2, 0) is 16.5 Å². The number of aromatic nitrogens is 3. The van der Waals surface area contributed by atoms with Crippen LogP contribution >= 0.6 is 0 Å². The van der Waals surface area contributed by atoms with E-state index in [2.05, 4.69) is 21.8 Å². The van der Waals surface area contributed by atoms with Crippen LogP contribution in [0.2, 0.25) is 0 Å². The van der Waals surface area contributed by atoms with Gasteiger partial charge in [-0.2, -0.15) is 5.26 Å². The van der Waals surface area contributed by atoms with Crippen LogP contribution in [0.25, 0.3) is 22.4 Å². The molecule has 11 heteroatoms. The number of rotatable bonds is 3. The summed E-state index contributed by atoms with van der Waals surface area (Å²) in [6, 6.07) is 7.67. The maximum Gasteiger partial charge on any atom is 0.410 e. The van der Waals surface area contributed by atoms with Crippen molar-refractivity contribution in [1.29, 1.82) is 5.26 Å². The molecular weight excluding hydrogens is 515 g/mol. The van der Waals surface area contributed by atoms with Crippen molar-refractivity contribution in [2.45, 2.75) is 52.2 Å². The fourth-order valence-corrected chi connectivity index (χ4v) is 4.85. The van der Waals surface area contributed by atoms with Gasteiger partial charge in [-0.3, -0.25) is 0 Å². The molecule has 1 amide bonds. The summed E-state index contributed by atoms with van der Waals surface area (Å²) in [5, 5.41) is 9.15. The van der Waals surface area contributed by atoms with Gasteiger partial charge in [0.15, 0.2) is 5.82 Å². The lowest BCUT2D eigenvalue weighted by atomic mass is 10.2. The number of pyridine rings is 1. The second-order valence-corrected chi connectivity index (χ2v) is 10.9. The minimum absolute atomic E-state index is 0.0829. The number of anilines is 1. The van der Waals surface area contributed by atoms with Gasteiger partial charge in [0.2, 0.25) is 0 Å². The first-order chi connectivity index (χ1) is 19.0. The lowest BCUT2D eigenvalue weighted by Gasteiger charge is -2.29. The van der Waals surface area contributed by atoms with Crippen molar-refractivity contribution in [3.63, 3.8) is 0 Å². The summed E-state index contributed by atoms with van der Waals surface area (Å²) >= 11 is 0. The Labute approximate surface area is 234 Å². The van der Waals surface area contributed by atoms with Crippen molar-refractivity contribution in [3.8, 4) is 23.2 Å². The standard InChI is InChI=1S/C20H20FN5O.C9H17NO3/c1-12-5-4-8-26(12)16-7-6-13(11-23-16)20-24-18-17(21)14(10-22)9-15(27-3)19(18)25(20)2;1-9(2,3)13-8(11)10-4-6-12-7-5-10/h6-7,9,11-12H,4-5,8H2,1-3H3;4-7H2,1-3H3. The molecule has 1 atom stereocenters. The summed E-state index contributed by atoms with van der Waals surface area (Å²) in [5.41, 5.74) is 0.932. The number of methoxy groups -OCH3 is 1. The Morgan fingerprint density at radius 3 is 2.50 bits per heavy atom. The van der Waals surface area contributed by atoms with Crippen LogP contribution in [0.3, 0.4) is 0 Å². The van der Waals surface area contributed by atoms with Gasteiger partial charge in [-0.15, -0.1) is 0 Å². The molecule has 2 aliphatic rings. The number of amides is 1. The SMILES string of the molecule is CC(C)(C)OC(=O)N1CCOCC1.COc1cc(C#N)c(F)c2nc(-c3ccc(N4CCCC4C)nc3)n(C)c12. The number of nitriles is 1. The number of hydrogen-bond donors (Lipinski definition) is 0. The lowest BCUT2D eigenvalue weighted by Crippen LogP contribution is -2.43. The first kappa shape index (κ1) is 29.1. The van der Waals surface area contributed by atoms with Crippen LogP contribution in [0.4, 0.5) is 15.0 Å². The minimum atomic E-state index is -0.634. The maximum absolute atomic E-state index is 14.6. The molecule has 2 aliphatic heterocycles. The third kappa shape index (κ3) is 6.28. The molecule has 4 heterocycles. The number of nitrogens with zero attached hydrogens (tertiary/aromatic N) is 6. The highest BCUT2D eigenvalue weighted by molar-refractivity contribution is 5.88. The van der Waals surface area contributed by atoms with Crippen LogP contribution in [0.15, 0.2) is 24.4 Å². The van der Waals surface area contributed by atoms with E-state index < -0.39 is 11.4 Å². The van der Waals surface area contributed by atoms with Crippen molar-refractivity contribution in [3.05, 3.63) is 35.8 Å². The third-order valence-electron chi connectivity index (χ3n) is 6.90. The fraction of sp³-hybridized carbons (Fsp3) is 0.517. The average Bonchev–Trinajstić information content (AvgIpc) is 3.52. The molecule has 1 unspecified atom stereocenters. The van der Waals surface area contributed by atoms with E-state index in [1.807, 2.05) is 39.0 Å². The normalized spacial score (nSPS) is 17.3. The summed E-state index contributed by atoms with van der Waals surface area (Å²) in [6.45, 7) is 11.3. The molecule has 3 aromatic rings. The maximum atomic E-state index is 14.6. The second kappa shape index (κ2) is 12.1. The molecule has 40 heavy (non-hydrogen) atoms. The largest absolute Gasteiger partial charge is 0.494 e. The van der Waals surface area contributed by atoms with Gasteiger partial charge < -0.3 is 28.6 Å². The Morgan fingerprint density at radius 1 is 1.23 bits per heavy atom. The Balaban J connectivity index is 0.000000240. The van der Waals surface area contributed by atoms with Gasteiger partial charge in [0.25, 0.3) is 0 Å². The van der Waals surface area contributed by atoms with Gasteiger partial charge in [-0.25, -0.2) is 19.2 Å². The summed E-state index contributed by atoms with van der Waals surface area (Å²) < 4.78 is 32.1. The molecule has 2 saturated heterocycles. The van der Waals surface area contributed by atoms with Crippen LogP contribution in [0.5, 0.6) is 5.75 Å². The molecule has 2 fully saturated rings. The Morgan fingerprint density at radius 2 is 1.95 bits per heavy atom. The molecule has 1 aromatic carbocycles. The molecule has 0 bridgehead atoms. The first-order valence-corrected chi connectivity index (χ1v) is 13.5. The molecule has 0 spiro atoms. The smallest absolute Gasteiger partial charge is 0.410 e.